The summed E-state index contributed by atoms with van der Waals surface area (Å²) in [5, 5.41) is 18.1. The summed E-state index contributed by atoms with van der Waals surface area (Å²) in [5.41, 5.74) is 11.7. The van der Waals surface area contributed by atoms with Crippen molar-refractivity contribution < 1.29 is 10.2 Å². The summed E-state index contributed by atoms with van der Waals surface area (Å²) in [5.74, 6) is 0.00940. The van der Waals surface area contributed by atoms with Crippen molar-refractivity contribution >= 4 is 0 Å². The van der Waals surface area contributed by atoms with Crippen molar-refractivity contribution in [3.8, 4) is 5.75 Å². The number of rotatable bonds is 3. The number of nitrogens with two attached hydrogens (primary N) is 2. The Morgan fingerprint density at radius 3 is 2.69 bits per heavy atom. The van der Waals surface area contributed by atoms with Crippen LogP contribution in [-0.2, 0) is 6.61 Å². The van der Waals surface area contributed by atoms with Crippen molar-refractivity contribution in [2.24, 2.45) is 11.5 Å². The predicted molar refractivity (Wildman–Crippen MR) is 47.8 cm³/mol. The maximum Gasteiger partial charge on any atom is 0.138 e. The number of aromatic hydroxyl groups is 1. The number of aliphatic hydroxyl groups is 1. The average Bonchev–Trinajstić information content (AvgIpc) is 2.17. The molecular weight excluding hydrogens is 170 g/mol. The molecule has 5 heteroatoms. The third kappa shape index (κ3) is 2.15. The minimum absolute atomic E-state index is 0.00940. The Bertz CT molecular complexity index is 291. The van der Waals surface area contributed by atoms with Gasteiger partial charge in [0, 0.05) is 6.54 Å². The highest BCUT2D eigenvalue weighted by molar-refractivity contribution is 5.30. The largest absolute Gasteiger partial charge is 0.506 e. The highest BCUT2D eigenvalue weighted by Gasteiger charge is 2.11. The van der Waals surface area contributed by atoms with E-state index in [1.54, 1.807) is 0 Å². The van der Waals surface area contributed by atoms with Crippen LogP contribution in [0.3, 0.4) is 0 Å². The van der Waals surface area contributed by atoms with E-state index in [0.717, 1.165) is 0 Å². The lowest BCUT2D eigenvalue weighted by molar-refractivity contribution is 0.276. The first-order valence-corrected chi connectivity index (χ1v) is 3.94. The van der Waals surface area contributed by atoms with E-state index in [4.69, 9.17) is 16.6 Å². The average molecular weight is 183 g/mol. The molecule has 0 aliphatic rings. The van der Waals surface area contributed by atoms with Gasteiger partial charge in [0.2, 0.25) is 0 Å². The second kappa shape index (κ2) is 4.18. The van der Waals surface area contributed by atoms with E-state index in [1.807, 2.05) is 0 Å². The number of nitrogens with zero attached hydrogens (tertiary/aromatic N) is 1. The monoisotopic (exact) mass is 183 g/mol. The Hall–Kier alpha value is -1.17. The van der Waals surface area contributed by atoms with Gasteiger partial charge in [-0.3, -0.25) is 0 Å². The van der Waals surface area contributed by atoms with Crippen molar-refractivity contribution in [3.05, 3.63) is 23.5 Å². The quantitative estimate of drug-likeness (QED) is 0.493. The standard InChI is InChI=1S/C8H13N3O2/c9-3-6(10)8-7(13)2-1-5(4-12)11-8/h1-2,6,12-13H,3-4,9-10H2. The summed E-state index contributed by atoms with van der Waals surface area (Å²) in [4.78, 5) is 3.96. The second-order valence-electron chi connectivity index (χ2n) is 2.71. The smallest absolute Gasteiger partial charge is 0.138 e. The number of aromatic nitrogens is 1. The number of hydrogen-bond donors (Lipinski definition) is 4. The van der Waals surface area contributed by atoms with Crippen LogP contribution in [-0.4, -0.2) is 21.7 Å². The SMILES string of the molecule is NCC(N)c1nc(CO)ccc1O. The zero-order valence-corrected chi connectivity index (χ0v) is 7.14. The van der Waals surface area contributed by atoms with Gasteiger partial charge in [0.15, 0.2) is 0 Å². The Morgan fingerprint density at radius 1 is 1.46 bits per heavy atom. The molecule has 0 radical (unpaired) electrons. The third-order valence-corrected chi connectivity index (χ3v) is 1.73. The molecule has 1 heterocycles. The van der Waals surface area contributed by atoms with Crippen LogP contribution in [0.4, 0.5) is 0 Å². The van der Waals surface area contributed by atoms with Crippen molar-refractivity contribution in [3.63, 3.8) is 0 Å². The van der Waals surface area contributed by atoms with Crippen LogP contribution in [0.25, 0.3) is 0 Å². The molecule has 0 fully saturated rings. The lowest BCUT2D eigenvalue weighted by atomic mass is 10.1. The van der Waals surface area contributed by atoms with Gasteiger partial charge in [-0.15, -0.1) is 0 Å². The molecular formula is C8H13N3O2. The molecule has 0 aromatic carbocycles. The molecule has 13 heavy (non-hydrogen) atoms. The van der Waals surface area contributed by atoms with Crippen LogP contribution in [0.5, 0.6) is 5.75 Å². The number of hydrogen-bond acceptors (Lipinski definition) is 5. The van der Waals surface area contributed by atoms with E-state index in [-0.39, 0.29) is 18.9 Å². The highest BCUT2D eigenvalue weighted by atomic mass is 16.3. The van der Waals surface area contributed by atoms with Gasteiger partial charge >= 0.3 is 0 Å². The predicted octanol–water partition coefficient (Wildman–Crippen LogP) is -0.762. The van der Waals surface area contributed by atoms with E-state index < -0.39 is 6.04 Å². The molecule has 72 valence electrons. The van der Waals surface area contributed by atoms with Gasteiger partial charge in [0.1, 0.15) is 11.4 Å². The van der Waals surface area contributed by atoms with Gasteiger partial charge in [-0.2, -0.15) is 0 Å². The van der Waals surface area contributed by atoms with Crippen molar-refractivity contribution in [2.45, 2.75) is 12.6 Å². The maximum absolute atomic E-state index is 9.35. The van der Waals surface area contributed by atoms with Crippen molar-refractivity contribution in [1.29, 1.82) is 0 Å². The zero-order valence-electron chi connectivity index (χ0n) is 7.14. The summed E-state index contributed by atoms with van der Waals surface area (Å²) in [6.45, 7) is 0.0278. The lowest BCUT2D eigenvalue weighted by Crippen LogP contribution is -2.22. The van der Waals surface area contributed by atoms with Crippen LogP contribution < -0.4 is 11.5 Å². The maximum atomic E-state index is 9.35. The molecule has 5 nitrogen and oxygen atoms in total. The first-order chi connectivity index (χ1) is 6.19. The molecule has 0 amide bonds. The molecule has 1 aromatic rings. The van der Waals surface area contributed by atoms with Gasteiger partial charge in [0.05, 0.1) is 18.3 Å². The van der Waals surface area contributed by atoms with Gasteiger partial charge in [0.25, 0.3) is 0 Å². The number of aliphatic hydroxyl groups excluding tert-OH is 1. The summed E-state index contributed by atoms with van der Waals surface area (Å²) in [7, 11) is 0. The zero-order chi connectivity index (χ0) is 9.84. The van der Waals surface area contributed by atoms with Gasteiger partial charge in [-0.1, -0.05) is 0 Å². The van der Waals surface area contributed by atoms with Gasteiger partial charge in [-0.05, 0) is 12.1 Å². The first kappa shape index (κ1) is 9.91. The molecule has 1 unspecified atom stereocenters. The third-order valence-electron chi connectivity index (χ3n) is 1.73. The Morgan fingerprint density at radius 2 is 2.15 bits per heavy atom. The molecule has 1 aromatic heterocycles. The van der Waals surface area contributed by atoms with Crippen molar-refractivity contribution in [2.75, 3.05) is 6.54 Å². The molecule has 6 N–H and O–H groups in total. The van der Waals surface area contributed by atoms with E-state index in [1.165, 1.54) is 12.1 Å². The molecule has 0 saturated heterocycles. The topological polar surface area (TPSA) is 105 Å². The van der Waals surface area contributed by atoms with Crippen LogP contribution in [0, 0.1) is 0 Å². The molecule has 1 rings (SSSR count). The molecule has 0 spiro atoms. The van der Waals surface area contributed by atoms with E-state index in [0.29, 0.717) is 11.4 Å². The van der Waals surface area contributed by atoms with Crippen LogP contribution in [0.2, 0.25) is 0 Å². The lowest BCUT2D eigenvalue weighted by Gasteiger charge is -2.10. The second-order valence-corrected chi connectivity index (χ2v) is 2.71. The van der Waals surface area contributed by atoms with Crippen LogP contribution in [0.1, 0.15) is 17.4 Å². The fourth-order valence-corrected chi connectivity index (χ4v) is 0.982. The summed E-state index contributed by atoms with van der Waals surface area (Å²) >= 11 is 0. The Kier molecular flexibility index (Phi) is 3.18. The van der Waals surface area contributed by atoms with E-state index in [9.17, 15) is 5.11 Å². The fourth-order valence-electron chi connectivity index (χ4n) is 0.982. The normalized spacial score (nSPS) is 12.8. The first-order valence-electron chi connectivity index (χ1n) is 3.94. The van der Waals surface area contributed by atoms with Crippen molar-refractivity contribution in [1.82, 2.24) is 4.98 Å². The Labute approximate surface area is 76.0 Å². The summed E-state index contributed by atoms with van der Waals surface area (Å²) in [6.07, 6.45) is 0. The van der Waals surface area contributed by atoms with Gasteiger partial charge < -0.3 is 21.7 Å². The minimum atomic E-state index is -0.494. The number of pyridine rings is 1. The van der Waals surface area contributed by atoms with E-state index in [2.05, 4.69) is 4.98 Å². The molecule has 0 bridgehead atoms. The highest BCUT2D eigenvalue weighted by Crippen LogP contribution is 2.19. The molecule has 0 saturated carbocycles. The van der Waals surface area contributed by atoms with Crippen LogP contribution >= 0.6 is 0 Å². The van der Waals surface area contributed by atoms with Crippen LogP contribution in [0.15, 0.2) is 12.1 Å². The summed E-state index contributed by atoms with van der Waals surface area (Å²) < 4.78 is 0. The van der Waals surface area contributed by atoms with Gasteiger partial charge in [-0.25, -0.2) is 4.98 Å². The minimum Gasteiger partial charge on any atom is -0.506 e. The van der Waals surface area contributed by atoms with E-state index >= 15 is 0 Å². The molecule has 1 atom stereocenters. The fraction of sp³-hybridized carbons (Fsp3) is 0.375. The molecule has 0 aliphatic carbocycles. The molecule has 0 aliphatic heterocycles. The summed E-state index contributed by atoms with van der Waals surface area (Å²) in [6, 6.07) is 2.48. The Balaban J connectivity index is 3.03.